The highest BCUT2D eigenvalue weighted by Gasteiger charge is 1.95. The number of carboxylic acid groups (broad SMARTS) is 1. The van der Waals surface area contributed by atoms with Gasteiger partial charge < -0.3 is 9.84 Å². The first kappa shape index (κ1) is 17.3. The Balaban J connectivity index is 1.89. The van der Waals surface area contributed by atoms with E-state index < -0.39 is 5.97 Å². The Bertz CT molecular complexity index is 738. The molecule has 0 saturated heterocycles. The third-order valence-electron chi connectivity index (χ3n) is 3.27. The number of carboxylic acids is 1. The fourth-order valence-corrected chi connectivity index (χ4v) is 1.98. The van der Waals surface area contributed by atoms with Crippen LogP contribution in [0.1, 0.15) is 18.1 Å². The van der Waals surface area contributed by atoms with Crippen LogP contribution in [0, 0.1) is 0 Å². The first-order valence-corrected chi connectivity index (χ1v) is 7.66. The van der Waals surface area contributed by atoms with Gasteiger partial charge in [0.15, 0.2) is 0 Å². The van der Waals surface area contributed by atoms with Crippen LogP contribution in [-0.2, 0) is 11.4 Å². The SMILES string of the molecule is CC(/C=C/c1ccc(OCc2ccccc2)cc1)=C\C=C\C(=O)O. The Hall–Kier alpha value is -3.07. The molecule has 2 rings (SSSR count). The molecular formula is C21H20O3. The Labute approximate surface area is 142 Å². The number of aliphatic carboxylic acids is 1. The first-order chi connectivity index (χ1) is 11.6. The Morgan fingerprint density at radius 3 is 2.42 bits per heavy atom. The lowest BCUT2D eigenvalue weighted by atomic mass is 10.1. The second-order valence-electron chi connectivity index (χ2n) is 5.28. The lowest BCUT2D eigenvalue weighted by Gasteiger charge is -2.06. The van der Waals surface area contributed by atoms with E-state index in [-0.39, 0.29) is 0 Å². The molecule has 3 nitrogen and oxygen atoms in total. The molecule has 2 aromatic carbocycles. The van der Waals surface area contributed by atoms with Crippen LogP contribution >= 0.6 is 0 Å². The molecule has 0 amide bonds. The molecule has 2 aromatic rings. The molecule has 0 radical (unpaired) electrons. The maximum absolute atomic E-state index is 10.4. The molecule has 0 atom stereocenters. The second-order valence-corrected chi connectivity index (χ2v) is 5.28. The maximum atomic E-state index is 10.4. The minimum absolute atomic E-state index is 0.549. The van der Waals surface area contributed by atoms with Crippen molar-refractivity contribution in [3.05, 3.63) is 95.6 Å². The molecule has 0 aliphatic carbocycles. The van der Waals surface area contributed by atoms with Gasteiger partial charge in [0.25, 0.3) is 0 Å². The summed E-state index contributed by atoms with van der Waals surface area (Å²) in [6, 6.07) is 17.9. The van der Waals surface area contributed by atoms with Crippen LogP contribution in [0.4, 0.5) is 0 Å². The number of rotatable bonds is 7. The van der Waals surface area contributed by atoms with Crippen LogP contribution in [0.25, 0.3) is 6.08 Å². The molecule has 0 fully saturated rings. The minimum atomic E-state index is -0.950. The average Bonchev–Trinajstić information content (AvgIpc) is 2.59. The first-order valence-electron chi connectivity index (χ1n) is 7.66. The summed E-state index contributed by atoms with van der Waals surface area (Å²) < 4.78 is 5.75. The largest absolute Gasteiger partial charge is 0.489 e. The molecule has 0 aromatic heterocycles. The van der Waals surface area contributed by atoms with Gasteiger partial charge in [-0.15, -0.1) is 0 Å². The van der Waals surface area contributed by atoms with Crippen molar-refractivity contribution >= 4 is 12.0 Å². The average molecular weight is 320 g/mol. The van der Waals surface area contributed by atoms with Crippen LogP contribution in [0.3, 0.4) is 0 Å². The van der Waals surface area contributed by atoms with E-state index in [2.05, 4.69) is 0 Å². The van der Waals surface area contributed by atoms with Gasteiger partial charge >= 0.3 is 5.97 Å². The van der Waals surface area contributed by atoms with Crippen molar-refractivity contribution in [3.8, 4) is 5.75 Å². The molecule has 0 heterocycles. The third kappa shape index (κ3) is 6.36. The van der Waals surface area contributed by atoms with Crippen LogP contribution in [0.2, 0.25) is 0 Å². The molecule has 0 unspecified atom stereocenters. The highest BCUT2D eigenvalue weighted by molar-refractivity contribution is 5.80. The monoisotopic (exact) mass is 320 g/mol. The van der Waals surface area contributed by atoms with E-state index in [9.17, 15) is 4.79 Å². The highest BCUT2D eigenvalue weighted by atomic mass is 16.5. The summed E-state index contributed by atoms with van der Waals surface area (Å²) in [4.78, 5) is 10.4. The fourth-order valence-electron chi connectivity index (χ4n) is 1.98. The van der Waals surface area contributed by atoms with Gasteiger partial charge in [0, 0.05) is 6.08 Å². The summed E-state index contributed by atoms with van der Waals surface area (Å²) in [7, 11) is 0. The lowest BCUT2D eigenvalue weighted by molar-refractivity contribution is -0.131. The Morgan fingerprint density at radius 2 is 1.75 bits per heavy atom. The molecule has 0 saturated carbocycles. The fraction of sp³-hybridized carbons (Fsp3) is 0.0952. The van der Waals surface area contributed by atoms with Crippen molar-refractivity contribution in [2.75, 3.05) is 0 Å². The van der Waals surface area contributed by atoms with Crippen LogP contribution in [0.15, 0.2) is 84.5 Å². The van der Waals surface area contributed by atoms with Gasteiger partial charge in [-0.1, -0.05) is 72.3 Å². The van der Waals surface area contributed by atoms with Gasteiger partial charge in [-0.25, -0.2) is 4.79 Å². The van der Waals surface area contributed by atoms with Crippen LogP contribution < -0.4 is 4.74 Å². The van der Waals surface area contributed by atoms with Gasteiger partial charge in [0.05, 0.1) is 0 Å². The van der Waals surface area contributed by atoms with E-state index >= 15 is 0 Å². The molecule has 1 N–H and O–H groups in total. The van der Waals surface area contributed by atoms with Gasteiger partial charge in [0.1, 0.15) is 12.4 Å². The number of hydrogen-bond donors (Lipinski definition) is 1. The number of allylic oxidation sites excluding steroid dienone is 4. The zero-order chi connectivity index (χ0) is 17.2. The zero-order valence-electron chi connectivity index (χ0n) is 13.6. The van der Waals surface area contributed by atoms with E-state index in [1.807, 2.05) is 73.7 Å². The molecule has 3 heteroatoms. The Morgan fingerprint density at radius 1 is 1.04 bits per heavy atom. The van der Waals surface area contributed by atoms with Crippen molar-refractivity contribution in [2.45, 2.75) is 13.5 Å². The predicted octanol–water partition coefficient (Wildman–Crippen LogP) is 4.87. The summed E-state index contributed by atoms with van der Waals surface area (Å²) in [6.07, 6.45) is 8.29. The van der Waals surface area contributed by atoms with E-state index in [1.165, 1.54) is 6.08 Å². The summed E-state index contributed by atoms with van der Waals surface area (Å²) in [5.41, 5.74) is 3.16. The van der Waals surface area contributed by atoms with Crippen molar-refractivity contribution < 1.29 is 14.6 Å². The number of hydrogen-bond acceptors (Lipinski definition) is 2. The smallest absolute Gasteiger partial charge is 0.328 e. The predicted molar refractivity (Wildman–Crippen MR) is 96.8 cm³/mol. The third-order valence-corrected chi connectivity index (χ3v) is 3.27. The molecule has 0 spiro atoms. The van der Waals surface area contributed by atoms with Gasteiger partial charge in [0.2, 0.25) is 0 Å². The summed E-state index contributed by atoms with van der Waals surface area (Å²) in [6.45, 7) is 2.47. The molecular weight excluding hydrogens is 300 g/mol. The molecule has 122 valence electrons. The summed E-state index contributed by atoms with van der Waals surface area (Å²) in [5, 5.41) is 8.53. The van der Waals surface area contributed by atoms with Crippen LogP contribution in [0.5, 0.6) is 5.75 Å². The normalized spacial score (nSPS) is 12.0. The quantitative estimate of drug-likeness (QED) is 0.585. The number of ether oxygens (including phenoxy) is 1. The maximum Gasteiger partial charge on any atom is 0.328 e. The second kappa shape index (κ2) is 9.16. The van der Waals surface area contributed by atoms with Crippen LogP contribution in [-0.4, -0.2) is 11.1 Å². The molecule has 0 aliphatic rings. The van der Waals surface area contributed by atoms with Crippen molar-refractivity contribution in [1.29, 1.82) is 0 Å². The van der Waals surface area contributed by atoms with E-state index in [1.54, 1.807) is 6.08 Å². The minimum Gasteiger partial charge on any atom is -0.489 e. The number of carbonyl (C=O) groups is 1. The summed E-state index contributed by atoms with van der Waals surface area (Å²) in [5.74, 6) is -0.123. The van der Waals surface area contributed by atoms with Crippen molar-refractivity contribution in [2.24, 2.45) is 0 Å². The zero-order valence-corrected chi connectivity index (χ0v) is 13.6. The standard InChI is InChI=1S/C21H20O3/c1-17(6-5-9-21(22)23)10-11-18-12-14-20(15-13-18)24-16-19-7-3-2-4-8-19/h2-15H,16H2,1H3,(H,22,23)/b9-5+,11-10+,17-6+. The molecule has 0 aliphatic heterocycles. The van der Waals surface area contributed by atoms with E-state index in [0.717, 1.165) is 28.5 Å². The molecule has 24 heavy (non-hydrogen) atoms. The van der Waals surface area contributed by atoms with Crippen molar-refractivity contribution in [3.63, 3.8) is 0 Å². The van der Waals surface area contributed by atoms with Gasteiger partial charge in [-0.2, -0.15) is 0 Å². The molecule has 0 bridgehead atoms. The van der Waals surface area contributed by atoms with E-state index in [4.69, 9.17) is 9.84 Å². The summed E-state index contributed by atoms with van der Waals surface area (Å²) >= 11 is 0. The van der Waals surface area contributed by atoms with Gasteiger partial charge in [-0.05, 0) is 30.2 Å². The lowest BCUT2D eigenvalue weighted by Crippen LogP contribution is -1.94. The van der Waals surface area contributed by atoms with Crippen molar-refractivity contribution in [1.82, 2.24) is 0 Å². The Kier molecular flexibility index (Phi) is 6.59. The van der Waals surface area contributed by atoms with E-state index in [0.29, 0.717) is 6.61 Å². The topological polar surface area (TPSA) is 46.5 Å². The van der Waals surface area contributed by atoms with Gasteiger partial charge in [-0.3, -0.25) is 0 Å². The number of benzene rings is 2. The highest BCUT2D eigenvalue weighted by Crippen LogP contribution is 2.15.